The second kappa shape index (κ2) is 11.7. The zero-order chi connectivity index (χ0) is 26.5. The van der Waals surface area contributed by atoms with E-state index in [0.717, 1.165) is 45.6 Å². The van der Waals surface area contributed by atoms with Crippen molar-refractivity contribution < 1.29 is 9.53 Å². The van der Waals surface area contributed by atoms with Crippen LogP contribution in [0.4, 0.5) is 0 Å². The van der Waals surface area contributed by atoms with Gasteiger partial charge in [0.2, 0.25) is 0 Å². The number of hydrogen-bond acceptors (Lipinski definition) is 3. The van der Waals surface area contributed by atoms with Crippen molar-refractivity contribution in [3.63, 3.8) is 0 Å². The standard InChI is InChI=1S/C31H31ClN4O2/c1-34(15-16-38-2)31(37)30-21-35(20-29(30)28-12-6-9-24-8-3-4-11-27(24)28)19-26-18-33-22-36(26)14-13-23-7-5-10-25(32)17-23/h3-12,17-18,20-22H,13-16,19H2,1-2H3. The molecule has 194 valence electrons. The van der Waals surface area contributed by atoms with E-state index in [4.69, 9.17) is 16.3 Å². The first kappa shape index (κ1) is 25.8. The molecule has 1 amide bonds. The molecule has 6 nitrogen and oxygen atoms in total. The zero-order valence-corrected chi connectivity index (χ0v) is 22.4. The third-order valence-corrected chi connectivity index (χ3v) is 7.08. The number of rotatable bonds is 10. The van der Waals surface area contributed by atoms with Gasteiger partial charge in [0.15, 0.2) is 0 Å². The summed E-state index contributed by atoms with van der Waals surface area (Å²) in [5.74, 6) is -0.0294. The van der Waals surface area contributed by atoms with Crippen molar-refractivity contribution in [2.75, 3.05) is 27.3 Å². The second-order valence-electron chi connectivity index (χ2n) is 9.46. The van der Waals surface area contributed by atoms with Crippen LogP contribution in [-0.4, -0.2) is 52.2 Å². The number of fused-ring (bicyclic) bond motifs is 1. The van der Waals surface area contributed by atoms with Crippen LogP contribution in [0, 0.1) is 0 Å². The van der Waals surface area contributed by atoms with E-state index in [1.165, 1.54) is 5.56 Å². The van der Waals surface area contributed by atoms with E-state index in [1.54, 1.807) is 12.0 Å². The Morgan fingerprint density at radius 3 is 2.68 bits per heavy atom. The molecule has 5 aromatic rings. The maximum Gasteiger partial charge on any atom is 0.255 e. The Labute approximate surface area is 228 Å². The molecule has 0 aliphatic heterocycles. The Kier molecular flexibility index (Phi) is 7.91. The molecular weight excluding hydrogens is 496 g/mol. The molecule has 0 spiro atoms. The van der Waals surface area contributed by atoms with Gasteiger partial charge < -0.3 is 18.8 Å². The maximum absolute atomic E-state index is 13.6. The predicted octanol–water partition coefficient (Wildman–Crippen LogP) is 6.17. The fourth-order valence-electron chi connectivity index (χ4n) is 4.79. The molecule has 38 heavy (non-hydrogen) atoms. The average molecular weight is 527 g/mol. The van der Waals surface area contributed by atoms with Crippen molar-refractivity contribution in [1.82, 2.24) is 19.0 Å². The number of aromatic nitrogens is 3. The van der Waals surface area contributed by atoms with Gasteiger partial charge in [-0.25, -0.2) is 4.98 Å². The monoisotopic (exact) mass is 526 g/mol. The molecule has 0 saturated heterocycles. The molecule has 0 fully saturated rings. The van der Waals surface area contributed by atoms with E-state index in [0.29, 0.717) is 25.3 Å². The lowest BCUT2D eigenvalue weighted by atomic mass is 9.97. The number of aryl methyl sites for hydroxylation is 2. The van der Waals surface area contributed by atoms with Crippen molar-refractivity contribution in [3.8, 4) is 11.1 Å². The number of likely N-dealkylation sites (N-methyl/N-ethyl adjacent to an activating group) is 1. The van der Waals surface area contributed by atoms with Crippen LogP contribution in [0.25, 0.3) is 21.9 Å². The molecule has 2 heterocycles. The van der Waals surface area contributed by atoms with E-state index in [9.17, 15) is 4.79 Å². The highest BCUT2D eigenvalue weighted by Gasteiger charge is 2.21. The number of halogens is 1. The van der Waals surface area contributed by atoms with Crippen molar-refractivity contribution in [2.24, 2.45) is 0 Å². The average Bonchev–Trinajstić information content (AvgIpc) is 3.56. The molecule has 0 atom stereocenters. The molecule has 0 aliphatic rings. The molecule has 0 bridgehead atoms. The smallest absolute Gasteiger partial charge is 0.255 e. The van der Waals surface area contributed by atoms with Crippen LogP contribution in [0.2, 0.25) is 5.02 Å². The Balaban J connectivity index is 1.47. The van der Waals surface area contributed by atoms with E-state index in [1.807, 2.05) is 62.2 Å². The number of benzene rings is 3. The summed E-state index contributed by atoms with van der Waals surface area (Å²) in [5.41, 5.74) is 4.88. The van der Waals surface area contributed by atoms with Crippen LogP contribution in [0.1, 0.15) is 21.6 Å². The van der Waals surface area contributed by atoms with Gasteiger partial charge in [-0.15, -0.1) is 0 Å². The largest absolute Gasteiger partial charge is 0.383 e. The molecule has 0 aliphatic carbocycles. The fraction of sp³-hybridized carbons (Fsp3) is 0.226. The Morgan fingerprint density at radius 1 is 1.03 bits per heavy atom. The summed E-state index contributed by atoms with van der Waals surface area (Å²) >= 11 is 6.16. The van der Waals surface area contributed by atoms with Crippen LogP contribution in [0.5, 0.6) is 0 Å². The molecular formula is C31H31ClN4O2. The summed E-state index contributed by atoms with van der Waals surface area (Å²) in [6, 6.07) is 22.5. The minimum Gasteiger partial charge on any atom is -0.383 e. The summed E-state index contributed by atoms with van der Waals surface area (Å²) in [7, 11) is 3.46. The van der Waals surface area contributed by atoms with Crippen LogP contribution in [-0.2, 0) is 24.2 Å². The number of carbonyl (C=O) groups is 1. The van der Waals surface area contributed by atoms with Gasteiger partial charge in [-0.2, -0.15) is 0 Å². The van der Waals surface area contributed by atoms with Crippen LogP contribution < -0.4 is 0 Å². The lowest BCUT2D eigenvalue weighted by Crippen LogP contribution is -2.30. The number of methoxy groups -OCH3 is 1. The number of imidazole rings is 1. The van der Waals surface area contributed by atoms with Crippen molar-refractivity contribution >= 4 is 28.3 Å². The molecule has 0 saturated carbocycles. The summed E-state index contributed by atoms with van der Waals surface area (Å²) in [6.07, 6.45) is 8.64. The quantitative estimate of drug-likeness (QED) is 0.219. The van der Waals surface area contributed by atoms with Gasteiger partial charge >= 0.3 is 0 Å². The number of ether oxygens (including phenoxy) is 1. The number of amides is 1. The summed E-state index contributed by atoms with van der Waals surface area (Å²) in [6.45, 7) is 2.39. The Bertz CT molecular complexity index is 1550. The van der Waals surface area contributed by atoms with Crippen LogP contribution >= 0.6 is 11.6 Å². The van der Waals surface area contributed by atoms with Gasteiger partial charge in [0, 0.05) is 56.4 Å². The zero-order valence-electron chi connectivity index (χ0n) is 21.7. The first-order valence-corrected chi connectivity index (χ1v) is 13.1. The normalized spacial score (nSPS) is 11.2. The van der Waals surface area contributed by atoms with Gasteiger partial charge in [-0.1, -0.05) is 66.2 Å². The van der Waals surface area contributed by atoms with Gasteiger partial charge in [0.05, 0.1) is 30.7 Å². The van der Waals surface area contributed by atoms with Crippen LogP contribution in [0.15, 0.2) is 91.6 Å². The molecule has 7 heteroatoms. The minimum absolute atomic E-state index is 0.0294. The van der Waals surface area contributed by atoms with Gasteiger partial charge in [0.1, 0.15) is 0 Å². The molecule has 3 aromatic carbocycles. The summed E-state index contributed by atoms with van der Waals surface area (Å²) < 4.78 is 9.45. The van der Waals surface area contributed by atoms with Gasteiger partial charge in [-0.3, -0.25) is 4.79 Å². The highest BCUT2D eigenvalue weighted by atomic mass is 35.5. The van der Waals surface area contributed by atoms with E-state index in [2.05, 4.69) is 50.6 Å². The summed E-state index contributed by atoms with van der Waals surface area (Å²) in [4.78, 5) is 19.7. The maximum atomic E-state index is 13.6. The first-order valence-electron chi connectivity index (χ1n) is 12.7. The molecule has 0 unspecified atom stereocenters. The van der Waals surface area contributed by atoms with E-state index >= 15 is 0 Å². The lowest BCUT2D eigenvalue weighted by molar-refractivity contribution is 0.0745. The Morgan fingerprint density at radius 2 is 1.84 bits per heavy atom. The third kappa shape index (κ3) is 5.67. The third-order valence-electron chi connectivity index (χ3n) is 6.84. The molecule has 2 aromatic heterocycles. The molecule has 5 rings (SSSR count). The van der Waals surface area contributed by atoms with Gasteiger partial charge in [-0.05, 0) is 40.5 Å². The minimum atomic E-state index is -0.0294. The van der Waals surface area contributed by atoms with E-state index < -0.39 is 0 Å². The number of hydrogen-bond donors (Lipinski definition) is 0. The molecule has 0 radical (unpaired) electrons. The predicted molar refractivity (Wildman–Crippen MR) is 153 cm³/mol. The highest BCUT2D eigenvalue weighted by molar-refractivity contribution is 6.30. The van der Waals surface area contributed by atoms with Crippen molar-refractivity contribution in [3.05, 3.63) is 113 Å². The second-order valence-corrected chi connectivity index (χ2v) is 9.90. The number of nitrogens with zero attached hydrogens (tertiary/aromatic N) is 4. The SMILES string of the molecule is COCCN(C)C(=O)c1cn(Cc2cncn2CCc2cccc(Cl)c2)cc1-c1cccc2ccccc12. The lowest BCUT2D eigenvalue weighted by Gasteiger charge is -2.17. The van der Waals surface area contributed by atoms with Crippen LogP contribution in [0.3, 0.4) is 0 Å². The number of carbonyl (C=O) groups excluding carboxylic acids is 1. The van der Waals surface area contributed by atoms with E-state index in [-0.39, 0.29) is 5.91 Å². The van der Waals surface area contributed by atoms with Crippen molar-refractivity contribution in [1.29, 1.82) is 0 Å². The highest BCUT2D eigenvalue weighted by Crippen LogP contribution is 2.32. The fourth-order valence-corrected chi connectivity index (χ4v) is 5.00. The molecule has 0 N–H and O–H groups in total. The van der Waals surface area contributed by atoms with Crippen molar-refractivity contribution in [2.45, 2.75) is 19.5 Å². The topological polar surface area (TPSA) is 52.3 Å². The Hall–Kier alpha value is -3.87. The summed E-state index contributed by atoms with van der Waals surface area (Å²) in [5, 5.41) is 3.00. The van der Waals surface area contributed by atoms with Gasteiger partial charge in [0.25, 0.3) is 5.91 Å². The first-order chi connectivity index (χ1) is 18.5.